The predicted octanol–water partition coefficient (Wildman–Crippen LogP) is 1.89. The van der Waals surface area contributed by atoms with Gasteiger partial charge in [-0.25, -0.2) is 4.98 Å². The molecule has 8 nitrogen and oxygen atoms in total. The van der Waals surface area contributed by atoms with E-state index in [0.717, 1.165) is 5.56 Å². The molecule has 9 heteroatoms. The second-order valence-electron chi connectivity index (χ2n) is 8.21. The van der Waals surface area contributed by atoms with Crippen LogP contribution in [0.15, 0.2) is 16.9 Å². The lowest BCUT2D eigenvalue weighted by Crippen LogP contribution is -2.41. The van der Waals surface area contributed by atoms with Crippen LogP contribution in [-0.2, 0) is 23.1 Å². The van der Waals surface area contributed by atoms with Crippen LogP contribution in [0.5, 0.6) is 5.75 Å². The Kier molecular flexibility index (Phi) is 6.42. The number of nitrogens with zero attached hydrogens (tertiary/aromatic N) is 3. The molecular formula is C20H30N4O4S. The molecular weight excluding hydrogens is 392 g/mol. The molecule has 0 radical (unpaired) electrons. The fourth-order valence-corrected chi connectivity index (χ4v) is 4.06. The van der Waals surface area contributed by atoms with Crippen LogP contribution in [0.3, 0.4) is 0 Å². The molecule has 2 atom stereocenters. The Labute approximate surface area is 174 Å². The van der Waals surface area contributed by atoms with Gasteiger partial charge in [0.25, 0.3) is 5.56 Å². The number of ether oxygens (including phenoxy) is 2. The number of fused-ring (bicyclic) bond motifs is 1. The maximum Gasteiger partial charge on any atom is 0.262 e. The van der Waals surface area contributed by atoms with E-state index in [1.807, 2.05) is 33.8 Å². The first kappa shape index (κ1) is 21.9. The van der Waals surface area contributed by atoms with Crippen LogP contribution in [-0.4, -0.2) is 52.3 Å². The van der Waals surface area contributed by atoms with Gasteiger partial charge in [0, 0.05) is 37.1 Å². The standard InChI is InChI=1S/C20H30N4O4S/c1-13(22-29(26)20(2,3)4)15-11-14(27-6)12-16-17(15)21-19(23(5)18(16)25)24-7-9-28-10-8-24/h11-13,22H,7-10H2,1-6H3/t13-,29?/m1/s1. The highest BCUT2D eigenvalue weighted by atomic mass is 32.2. The lowest BCUT2D eigenvalue weighted by atomic mass is 10.0. The molecule has 0 bridgehead atoms. The molecule has 0 saturated carbocycles. The molecule has 1 N–H and O–H groups in total. The van der Waals surface area contributed by atoms with Gasteiger partial charge in [-0.05, 0) is 39.8 Å². The molecule has 3 rings (SSSR count). The van der Waals surface area contributed by atoms with Crippen LogP contribution in [0.25, 0.3) is 10.9 Å². The summed E-state index contributed by atoms with van der Waals surface area (Å²) in [7, 11) is 3.30. The molecule has 160 valence electrons. The van der Waals surface area contributed by atoms with Gasteiger partial charge < -0.3 is 18.9 Å². The molecule has 0 spiro atoms. The van der Waals surface area contributed by atoms with Gasteiger partial charge in [0.05, 0.1) is 37.3 Å². The lowest BCUT2D eigenvalue weighted by Gasteiger charge is -2.30. The second kappa shape index (κ2) is 8.51. The van der Waals surface area contributed by atoms with E-state index < -0.39 is 16.1 Å². The third-order valence-electron chi connectivity index (χ3n) is 5.00. The van der Waals surface area contributed by atoms with Crippen molar-refractivity contribution in [2.75, 3.05) is 38.3 Å². The maximum absolute atomic E-state index is 13.1. The number of aromatic nitrogens is 2. The smallest absolute Gasteiger partial charge is 0.262 e. The maximum atomic E-state index is 13.1. The summed E-state index contributed by atoms with van der Waals surface area (Å²) < 4.78 is 27.8. The van der Waals surface area contributed by atoms with Crippen LogP contribution in [0.1, 0.15) is 39.3 Å². The van der Waals surface area contributed by atoms with Crippen LogP contribution in [0, 0.1) is 0 Å². The van der Waals surface area contributed by atoms with Gasteiger partial charge >= 0.3 is 0 Å². The SMILES string of the molecule is COc1cc([C@@H](C)N[S+]([O-])C(C)(C)C)c2nc(N3CCOCC3)n(C)c(=O)c2c1. The van der Waals surface area contributed by atoms with Crippen molar-refractivity contribution in [3.63, 3.8) is 0 Å². The Morgan fingerprint density at radius 2 is 1.97 bits per heavy atom. The topological polar surface area (TPSA) is 91.7 Å². The third kappa shape index (κ3) is 4.53. The molecule has 0 amide bonds. The van der Waals surface area contributed by atoms with E-state index >= 15 is 0 Å². The number of morpholine rings is 1. The van der Waals surface area contributed by atoms with Gasteiger partial charge in [-0.15, -0.1) is 4.72 Å². The summed E-state index contributed by atoms with van der Waals surface area (Å²) in [5.74, 6) is 1.18. The average Bonchev–Trinajstić information content (AvgIpc) is 2.69. The Bertz CT molecular complexity index is 935. The number of hydrogen-bond donors (Lipinski definition) is 1. The zero-order valence-corrected chi connectivity index (χ0v) is 18.8. The molecule has 1 aromatic carbocycles. The summed E-state index contributed by atoms with van der Waals surface area (Å²) in [6.45, 7) is 10.2. The third-order valence-corrected chi connectivity index (χ3v) is 6.68. The summed E-state index contributed by atoms with van der Waals surface area (Å²) in [6.07, 6.45) is 0. The normalized spacial score (nSPS) is 17.4. The van der Waals surface area contributed by atoms with Crippen molar-refractivity contribution in [2.24, 2.45) is 7.05 Å². The van der Waals surface area contributed by atoms with Crippen molar-refractivity contribution in [3.05, 3.63) is 28.0 Å². The molecule has 1 fully saturated rings. The van der Waals surface area contributed by atoms with E-state index in [2.05, 4.69) is 9.62 Å². The Morgan fingerprint density at radius 3 is 2.55 bits per heavy atom. The van der Waals surface area contributed by atoms with Crippen molar-refractivity contribution >= 4 is 28.2 Å². The molecule has 1 aliphatic rings. The minimum atomic E-state index is -1.27. The van der Waals surface area contributed by atoms with Crippen LogP contribution >= 0.6 is 0 Å². The van der Waals surface area contributed by atoms with Crippen molar-refractivity contribution in [1.82, 2.24) is 14.3 Å². The number of hydrogen-bond acceptors (Lipinski definition) is 7. The van der Waals surface area contributed by atoms with E-state index in [4.69, 9.17) is 14.5 Å². The summed E-state index contributed by atoms with van der Waals surface area (Å²) in [6, 6.07) is 3.28. The van der Waals surface area contributed by atoms with E-state index in [-0.39, 0.29) is 11.6 Å². The van der Waals surface area contributed by atoms with E-state index in [9.17, 15) is 9.35 Å². The van der Waals surface area contributed by atoms with Crippen LogP contribution in [0.4, 0.5) is 5.95 Å². The Hall–Kier alpha value is -1.81. The van der Waals surface area contributed by atoms with Gasteiger partial charge in [0.2, 0.25) is 5.95 Å². The number of benzene rings is 1. The largest absolute Gasteiger partial charge is 0.598 e. The number of anilines is 1. The van der Waals surface area contributed by atoms with E-state index in [1.165, 1.54) is 0 Å². The Balaban J connectivity index is 2.14. The predicted molar refractivity (Wildman–Crippen MR) is 116 cm³/mol. The molecule has 1 aromatic heterocycles. The zero-order chi connectivity index (χ0) is 21.3. The number of rotatable bonds is 5. The molecule has 1 aliphatic heterocycles. The fraction of sp³-hybridized carbons (Fsp3) is 0.600. The molecule has 1 unspecified atom stereocenters. The van der Waals surface area contributed by atoms with Crippen molar-refractivity contribution in [3.8, 4) is 5.75 Å². The van der Waals surface area contributed by atoms with Crippen LogP contribution < -0.4 is 19.9 Å². The van der Waals surface area contributed by atoms with Gasteiger partial charge in [-0.2, -0.15) is 0 Å². The van der Waals surface area contributed by atoms with Crippen LogP contribution in [0.2, 0.25) is 0 Å². The van der Waals surface area contributed by atoms with Gasteiger partial charge in [0.1, 0.15) is 10.5 Å². The highest BCUT2D eigenvalue weighted by Crippen LogP contribution is 2.30. The monoisotopic (exact) mass is 422 g/mol. The number of nitrogens with one attached hydrogen (secondary N) is 1. The molecule has 2 heterocycles. The minimum Gasteiger partial charge on any atom is -0.598 e. The molecule has 2 aromatic rings. The average molecular weight is 423 g/mol. The van der Waals surface area contributed by atoms with Crippen molar-refractivity contribution in [2.45, 2.75) is 38.5 Å². The van der Waals surface area contributed by atoms with Gasteiger partial charge in [-0.1, -0.05) is 0 Å². The quantitative estimate of drug-likeness (QED) is 0.736. The summed E-state index contributed by atoms with van der Waals surface area (Å²) in [5.41, 5.74) is 1.24. The summed E-state index contributed by atoms with van der Waals surface area (Å²) >= 11 is -1.27. The first-order valence-corrected chi connectivity index (χ1v) is 10.9. The first-order valence-electron chi connectivity index (χ1n) is 9.73. The van der Waals surface area contributed by atoms with E-state index in [0.29, 0.717) is 48.9 Å². The highest BCUT2D eigenvalue weighted by Gasteiger charge is 2.30. The van der Waals surface area contributed by atoms with Crippen molar-refractivity contribution < 1.29 is 14.0 Å². The first-order chi connectivity index (χ1) is 13.6. The highest BCUT2D eigenvalue weighted by molar-refractivity contribution is 7.90. The number of methoxy groups -OCH3 is 1. The fourth-order valence-electron chi connectivity index (χ4n) is 3.26. The molecule has 1 saturated heterocycles. The van der Waals surface area contributed by atoms with Gasteiger partial charge in [-0.3, -0.25) is 9.36 Å². The van der Waals surface area contributed by atoms with E-state index in [1.54, 1.807) is 24.8 Å². The molecule has 0 aliphatic carbocycles. The second-order valence-corrected chi connectivity index (χ2v) is 10.2. The van der Waals surface area contributed by atoms with Crippen molar-refractivity contribution in [1.29, 1.82) is 0 Å². The van der Waals surface area contributed by atoms with Gasteiger partial charge in [0.15, 0.2) is 0 Å². The minimum absolute atomic E-state index is 0.138. The Morgan fingerprint density at radius 1 is 1.31 bits per heavy atom. The molecule has 29 heavy (non-hydrogen) atoms. The summed E-state index contributed by atoms with van der Waals surface area (Å²) in [5, 5.41) is 0.481. The zero-order valence-electron chi connectivity index (χ0n) is 17.9. The lowest BCUT2D eigenvalue weighted by molar-refractivity contribution is 0.121. The summed E-state index contributed by atoms with van der Waals surface area (Å²) in [4.78, 5) is 20.1.